The van der Waals surface area contributed by atoms with E-state index in [1.54, 1.807) is 12.4 Å². The second-order valence-electron chi connectivity index (χ2n) is 5.71. The van der Waals surface area contributed by atoms with E-state index >= 15 is 0 Å². The smallest absolute Gasteiger partial charge is 0.0917 e. The number of aromatic nitrogens is 1. The number of benzene rings is 1. The van der Waals surface area contributed by atoms with Gasteiger partial charge in [0.1, 0.15) is 0 Å². The number of rotatable bonds is 5. The Bertz CT molecular complexity index is 595. The van der Waals surface area contributed by atoms with Crippen LogP contribution >= 0.6 is 0 Å². The summed E-state index contributed by atoms with van der Waals surface area (Å²) in [5.74, 6) is 0. The zero-order valence-electron chi connectivity index (χ0n) is 12.2. The van der Waals surface area contributed by atoms with E-state index in [1.807, 2.05) is 44.1 Å². The molecule has 20 heavy (non-hydrogen) atoms. The zero-order chi connectivity index (χ0) is 14.8. The van der Waals surface area contributed by atoms with E-state index in [1.165, 1.54) is 0 Å². The Hall–Kier alpha value is -1.85. The predicted molar refractivity (Wildman–Crippen MR) is 83.8 cm³/mol. The SMILES string of the molecule is CN(C)CC(C)(O)CNc1ccc(N)c2cnccc12. The summed E-state index contributed by atoms with van der Waals surface area (Å²) in [6.45, 7) is 2.88. The van der Waals surface area contributed by atoms with Gasteiger partial charge in [0.05, 0.1) is 5.60 Å². The minimum atomic E-state index is -0.801. The summed E-state index contributed by atoms with van der Waals surface area (Å²) in [6, 6.07) is 5.71. The minimum absolute atomic E-state index is 0.465. The van der Waals surface area contributed by atoms with Gasteiger partial charge in [-0.15, -0.1) is 0 Å². The molecule has 1 aromatic heterocycles. The molecule has 5 nitrogen and oxygen atoms in total. The van der Waals surface area contributed by atoms with Gasteiger partial charge in [0.2, 0.25) is 0 Å². The number of aliphatic hydroxyl groups is 1. The fourth-order valence-electron chi connectivity index (χ4n) is 2.39. The zero-order valence-corrected chi connectivity index (χ0v) is 12.2. The molecule has 2 aromatic rings. The Morgan fingerprint density at radius 2 is 2.05 bits per heavy atom. The molecule has 0 radical (unpaired) electrons. The lowest BCUT2D eigenvalue weighted by molar-refractivity contribution is 0.0460. The van der Waals surface area contributed by atoms with Crippen LogP contribution in [0.25, 0.3) is 10.8 Å². The number of pyridine rings is 1. The minimum Gasteiger partial charge on any atom is -0.398 e. The fourth-order valence-corrected chi connectivity index (χ4v) is 2.39. The number of hydrogen-bond acceptors (Lipinski definition) is 5. The maximum Gasteiger partial charge on any atom is 0.0917 e. The van der Waals surface area contributed by atoms with Gasteiger partial charge in [0.15, 0.2) is 0 Å². The number of nitrogen functional groups attached to an aromatic ring is 1. The molecule has 0 aliphatic rings. The molecular weight excluding hydrogens is 252 g/mol. The first-order valence-electron chi connectivity index (χ1n) is 6.62. The first-order valence-corrected chi connectivity index (χ1v) is 6.62. The molecule has 108 valence electrons. The molecule has 4 N–H and O–H groups in total. The van der Waals surface area contributed by atoms with E-state index in [0.29, 0.717) is 18.8 Å². The number of hydrogen-bond donors (Lipinski definition) is 3. The highest BCUT2D eigenvalue weighted by Gasteiger charge is 2.21. The fraction of sp³-hybridized carbons (Fsp3) is 0.400. The summed E-state index contributed by atoms with van der Waals surface area (Å²) in [5, 5.41) is 15.6. The quantitative estimate of drug-likeness (QED) is 0.721. The van der Waals surface area contributed by atoms with Crippen molar-refractivity contribution in [1.29, 1.82) is 0 Å². The van der Waals surface area contributed by atoms with Crippen LogP contribution in [0.2, 0.25) is 0 Å². The van der Waals surface area contributed by atoms with Crippen LogP contribution in [0.3, 0.4) is 0 Å². The Morgan fingerprint density at radius 1 is 1.30 bits per heavy atom. The average Bonchev–Trinajstić information content (AvgIpc) is 2.37. The maximum atomic E-state index is 10.3. The van der Waals surface area contributed by atoms with Gasteiger partial charge in [-0.25, -0.2) is 0 Å². The molecule has 0 aliphatic carbocycles. The van der Waals surface area contributed by atoms with Gasteiger partial charge in [-0.3, -0.25) is 4.98 Å². The standard InChI is InChI=1S/C15H22N4O/c1-15(20,10-19(2)3)9-18-14-5-4-13(16)12-8-17-7-6-11(12)14/h4-8,18,20H,9-10,16H2,1-3H3. The van der Waals surface area contributed by atoms with Crippen LogP contribution in [0.15, 0.2) is 30.6 Å². The van der Waals surface area contributed by atoms with Gasteiger partial charge < -0.3 is 21.1 Å². The molecule has 2 rings (SSSR count). The summed E-state index contributed by atoms with van der Waals surface area (Å²) < 4.78 is 0. The summed E-state index contributed by atoms with van der Waals surface area (Å²) in [7, 11) is 3.89. The molecule has 0 fully saturated rings. The van der Waals surface area contributed by atoms with Crippen molar-refractivity contribution >= 4 is 22.1 Å². The van der Waals surface area contributed by atoms with Crippen LogP contribution in [-0.2, 0) is 0 Å². The molecule has 0 saturated carbocycles. The molecule has 1 atom stereocenters. The van der Waals surface area contributed by atoms with Gasteiger partial charge in [-0.1, -0.05) is 0 Å². The number of fused-ring (bicyclic) bond motifs is 1. The lowest BCUT2D eigenvalue weighted by atomic mass is 10.1. The first-order chi connectivity index (χ1) is 9.39. The number of likely N-dealkylation sites (N-methyl/N-ethyl adjacent to an activating group) is 1. The molecule has 1 aromatic carbocycles. The maximum absolute atomic E-state index is 10.3. The third kappa shape index (κ3) is 3.37. The lowest BCUT2D eigenvalue weighted by Crippen LogP contribution is -2.43. The van der Waals surface area contributed by atoms with E-state index in [9.17, 15) is 5.11 Å². The topological polar surface area (TPSA) is 74.4 Å². The monoisotopic (exact) mass is 274 g/mol. The van der Waals surface area contributed by atoms with Gasteiger partial charge in [-0.2, -0.15) is 0 Å². The van der Waals surface area contributed by atoms with E-state index in [0.717, 1.165) is 16.5 Å². The Kier molecular flexibility index (Phi) is 4.11. The van der Waals surface area contributed by atoms with E-state index in [4.69, 9.17) is 5.73 Å². The highest BCUT2D eigenvalue weighted by Crippen LogP contribution is 2.27. The molecule has 0 aliphatic heterocycles. The van der Waals surface area contributed by atoms with Gasteiger partial charge >= 0.3 is 0 Å². The molecule has 0 spiro atoms. The molecular formula is C15H22N4O. The van der Waals surface area contributed by atoms with Crippen LogP contribution < -0.4 is 11.1 Å². The van der Waals surface area contributed by atoms with Crippen LogP contribution in [-0.4, -0.2) is 47.8 Å². The molecule has 0 amide bonds. The van der Waals surface area contributed by atoms with Crippen molar-refractivity contribution < 1.29 is 5.11 Å². The molecule has 0 saturated heterocycles. The second-order valence-corrected chi connectivity index (χ2v) is 5.71. The third-order valence-corrected chi connectivity index (χ3v) is 3.17. The number of anilines is 2. The second kappa shape index (κ2) is 5.64. The summed E-state index contributed by atoms with van der Waals surface area (Å²) in [5.41, 5.74) is 6.81. The Morgan fingerprint density at radius 3 is 2.75 bits per heavy atom. The highest BCUT2D eigenvalue weighted by molar-refractivity contribution is 6.00. The van der Waals surface area contributed by atoms with Crippen LogP contribution in [0, 0.1) is 0 Å². The number of nitrogens with one attached hydrogen (secondary N) is 1. The van der Waals surface area contributed by atoms with Crippen molar-refractivity contribution in [2.75, 3.05) is 38.2 Å². The van der Waals surface area contributed by atoms with Crippen molar-refractivity contribution in [2.45, 2.75) is 12.5 Å². The van der Waals surface area contributed by atoms with Crippen LogP contribution in [0.5, 0.6) is 0 Å². The van der Waals surface area contributed by atoms with Crippen molar-refractivity contribution in [3.63, 3.8) is 0 Å². The highest BCUT2D eigenvalue weighted by atomic mass is 16.3. The van der Waals surface area contributed by atoms with Crippen molar-refractivity contribution in [3.8, 4) is 0 Å². The number of nitrogens with two attached hydrogens (primary N) is 1. The largest absolute Gasteiger partial charge is 0.398 e. The van der Waals surface area contributed by atoms with Crippen LogP contribution in [0.4, 0.5) is 11.4 Å². The summed E-state index contributed by atoms with van der Waals surface area (Å²) in [6.07, 6.45) is 3.50. The molecule has 1 unspecified atom stereocenters. The summed E-state index contributed by atoms with van der Waals surface area (Å²) >= 11 is 0. The van der Waals surface area contributed by atoms with Gasteiger partial charge in [0.25, 0.3) is 0 Å². The Balaban J connectivity index is 2.21. The Labute approximate surface area is 119 Å². The predicted octanol–water partition coefficient (Wildman–Crippen LogP) is 1.54. The third-order valence-electron chi connectivity index (χ3n) is 3.17. The van der Waals surface area contributed by atoms with Crippen LogP contribution in [0.1, 0.15) is 6.92 Å². The summed E-state index contributed by atoms with van der Waals surface area (Å²) in [4.78, 5) is 6.06. The molecule has 5 heteroatoms. The van der Waals surface area contributed by atoms with Gasteiger partial charge in [-0.05, 0) is 39.2 Å². The van der Waals surface area contributed by atoms with Crippen molar-refractivity contribution in [3.05, 3.63) is 30.6 Å². The number of nitrogens with zero attached hydrogens (tertiary/aromatic N) is 2. The van der Waals surface area contributed by atoms with E-state index < -0.39 is 5.60 Å². The molecule has 1 heterocycles. The van der Waals surface area contributed by atoms with E-state index in [-0.39, 0.29) is 0 Å². The lowest BCUT2D eigenvalue weighted by Gasteiger charge is -2.27. The molecule has 0 bridgehead atoms. The van der Waals surface area contributed by atoms with Gasteiger partial charge in [0, 0.05) is 47.6 Å². The van der Waals surface area contributed by atoms with Crippen molar-refractivity contribution in [2.24, 2.45) is 0 Å². The average molecular weight is 274 g/mol. The van der Waals surface area contributed by atoms with E-state index in [2.05, 4.69) is 10.3 Å². The van der Waals surface area contributed by atoms with Crippen molar-refractivity contribution in [1.82, 2.24) is 9.88 Å². The first kappa shape index (κ1) is 14.6. The normalized spacial score (nSPS) is 14.4.